The van der Waals surface area contributed by atoms with Gasteiger partial charge in [-0.05, 0) is 6.42 Å². The van der Waals surface area contributed by atoms with Crippen LogP contribution in [0.2, 0.25) is 0 Å². The lowest BCUT2D eigenvalue weighted by Crippen LogP contribution is -2.51. The Morgan fingerprint density at radius 3 is 2.56 bits per heavy atom. The number of carbonyl (C=O) groups excluding carboxylic acids is 1. The second-order valence-corrected chi connectivity index (χ2v) is 1.99. The second-order valence-electron chi connectivity index (χ2n) is 1.99. The van der Waals surface area contributed by atoms with Crippen molar-refractivity contribution in [3.63, 3.8) is 0 Å². The summed E-state index contributed by atoms with van der Waals surface area (Å²) in [6.45, 7) is 0.584. The van der Waals surface area contributed by atoms with E-state index in [0.29, 0.717) is 19.4 Å². The van der Waals surface area contributed by atoms with Crippen LogP contribution in [-0.4, -0.2) is 35.0 Å². The Hall–Kier alpha value is -1.06. The van der Waals surface area contributed by atoms with Crippen LogP contribution in [0.15, 0.2) is 0 Å². The number of carboxylic acids is 1. The van der Waals surface area contributed by atoms with Crippen LogP contribution >= 0.6 is 0 Å². The van der Waals surface area contributed by atoms with E-state index in [2.05, 4.69) is 0 Å². The van der Waals surface area contributed by atoms with E-state index < -0.39 is 12.0 Å². The highest BCUT2D eigenvalue weighted by molar-refractivity contribution is 5.77. The average molecular weight is 129 g/mol. The van der Waals surface area contributed by atoms with Crippen LogP contribution in [0.5, 0.6) is 0 Å². The molecule has 0 radical (unpaired) electrons. The fourth-order valence-corrected chi connectivity index (χ4v) is 0.799. The number of aliphatic carboxylic acids is 1. The summed E-state index contributed by atoms with van der Waals surface area (Å²) in [6, 6.07) is -0.553. The Kier molecular flexibility index (Phi) is 1.38. The Labute approximate surface area is 52.1 Å². The summed E-state index contributed by atoms with van der Waals surface area (Å²) in [4.78, 5) is 21.4. The van der Waals surface area contributed by atoms with E-state index in [-0.39, 0.29) is 0 Å². The molecule has 1 aliphatic heterocycles. The first-order valence-corrected chi connectivity index (χ1v) is 2.69. The van der Waals surface area contributed by atoms with Crippen molar-refractivity contribution in [3.8, 4) is 0 Å². The van der Waals surface area contributed by atoms with E-state index in [9.17, 15) is 9.59 Å². The second kappa shape index (κ2) is 2.05. The fraction of sp³-hybridized carbons (Fsp3) is 0.600. The summed E-state index contributed by atoms with van der Waals surface area (Å²) in [5.41, 5.74) is 0. The minimum atomic E-state index is -0.909. The SMILES string of the molecule is O=CN1CC[C@@H]1C(=O)O. The summed E-state index contributed by atoms with van der Waals surface area (Å²) < 4.78 is 0. The molecule has 1 amide bonds. The minimum absolute atomic E-state index is 0.553. The Balaban J connectivity index is 2.44. The van der Waals surface area contributed by atoms with Crippen LogP contribution in [-0.2, 0) is 9.59 Å². The van der Waals surface area contributed by atoms with E-state index in [1.807, 2.05) is 0 Å². The molecule has 0 unspecified atom stereocenters. The maximum atomic E-state index is 10.2. The third kappa shape index (κ3) is 0.872. The number of carboxylic acid groups (broad SMARTS) is 1. The summed E-state index contributed by atoms with van der Waals surface area (Å²) in [5.74, 6) is -0.909. The number of amides is 1. The van der Waals surface area contributed by atoms with Gasteiger partial charge in [-0.1, -0.05) is 0 Å². The first kappa shape index (κ1) is 6.07. The van der Waals surface area contributed by atoms with Gasteiger partial charge in [-0.3, -0.25) is 4.79 Å². The lowest BCUT2D eigenvalue weighted by Gasteiger charge is -2.34. The molecule has 0 aliphatic carbocycles. The van der Waals surface area contributed by atoms with Crippen LogP contribution in [0.1, 0.15) is 6.42 Å². The summed E-state index contributed by atoms with van der Waals surface area (Å²) >= 11 is 0. The molecule has 0 spiro atoms. The van der Waals surface area contributed by atoms with Gasteiger partial charge in [0.1, 0.15) is 6.04 Å². The largest absolute Gasteiger partial charge is 0.480 e. The lowest BCUT2D eigenvalue weighted by molar-refractivity contribution is -0.152. The third-order valence-corrected chi connectivity index (χ3v) is 1.48. The molecule has 1 aliphatic rings. The van der Waals surface area contributed by atoms with Crippen molar-refractivity contribution in [1.29, 1.82) is 0 Å². The van der Waals surface area contributed by atoms with E-state index in [1.165, 1.54) is 4.90 Å². The highest BCUT2D eigenvalue weighted by atomic mass is 16.4. The highest BCUT2D eigenvalue weighted by Crippen LogP contribution is 2.13. The molecule has 0 aromatic heterocycles. The summed E-state index contributed by atoms with van der Waals surface area (Å²) in [7, 11) is 0. The first-order chi connectivity index (χ1) is 4.25. The molecule has 1 N–H and O–H groups in total. The minimum Gasteiger partial charge on any atom is -0.480 e. The van der Waals surface area contributed by atoms with Gasteiger partial charge in [-0.25, -0.2) is 4.79 Å². The van der Waals surface area contributed by atoms with Crippen molar-refractivity contribution in [2.24, 2.45) is 0 Å². The summed E-state index contributed by atoms with van der Waals surface area (Å²) in [5, 5.41) is 8.33. The quantitative estimate of drug-likeness (QED) is 0.501. The van der Waals surface area contributed by atoms with E-state index in [4.69, 9.17) is 5.11 Å². The first-order valence-electron chi connectivity index (χ1n) is 2.69. The van der Waals surface area contributed by atoms with Crippen molar-refractivity contribution in [2.45, 2.75) is 12.5 Å². The monoisotopic (exact) mass is 129 g/mol. The Morgan fingerprint density at radius 2 is 2.44 bits per heavy atom. The standard InChI is InChI=1S/C5H7NO3/c7-3-6-2-1-4(6)5(8)9/h3-4H,1-2H2,(H,8,9)/t4-/m1/s1. The maximum absolute atomic E-state index is 10.2. The van der Waals surface area contributed by atoms with Gasteiger partial charge in [0.05, 0.1) is 0 Å². The summed E-state index contributed by atoms with van der Waals surface area (Å²) in [6.07, 6.45) is 1.16. The lowest BCUT2D eigenvalue weighted by atomic mass is 10.1. The Morgan fingerprint density at radius 1 is 1.78 bits per heavy atom. The molecule has 9 heavy (non-hydrogen) atoms. The van der Waals surface area contributed by atoms with Gasteiger partial charge in [-0.2, -0.15) is 0 Å². The Bertz CT molecular complexity index is 145. The van der Waals surface area contributed by atoms with Gasteiger partial charge in [0.2, 0.25) is 6.41 Å². The molecule has 0 saturated carbocycles. The molecule has 4 nitrogen and oxygen atoms in total. The molecular weight excluding hydrogens is 122 g/mol. The molecular formula is C5H7NO3. The molecule has 50 valence electrons. The van der Waals surface area contributed by atoms with Gasteiger partial charge >= 0.3 is 5.97 Å². The highest BCUT2D eigenvalue weighted by Gasteiger charge is 2.32. The zero-order chi connectivity index (χ0) is 6.85. The fourth-order valence-electron chi connectivity index (χ4n) is 0.799. The molecule has 0 aromatic carbocycles. The molecule has 0 bridgehead atoms. The van der Waals surface area contributed by atoms with Gasteiger partial charge < -0.3 is 10.0 Å². The molecule has 1 atom stereocenters. The zero-order valence-corrected chi connectivity index (χ0v) is 4.78. The molecule has 0 aromatic rings. The van der Waals surface area contributed by atoms with E-state index >= 15 is 0 Å². The predicted octanol–water partition coefficient (Wildman–Crippen LogP) is -0.698. The van der Waals surface area contributed by atoms with Crippen LogP contribution in [0.3, 0.4) is 0 Å². The number of carbonyl (C=O) groups is 2. The smallest absolute Gasteiger partial charge is 0.326 e. The van der Waals surface area contributed by atoms with Gasteiger partial charge in [0.25, 0.3) is 0 Å². The van der Waals surface area contributed by atoms with Crippen LogP contribution in [0, 0.1) is 0 Å². The van der Waals surface area contributed by atoms with Crippen LogP contribution in [0.4, 0.5) is 0 Å². The number of rotatable bonds is 2. The van der Waals surface area contributed by atoms with E-state index in [0.717, 1.165) is 0 Å². The molecule has 1 rings (SSSR count). The molecule has 1 heterocycles. The van der Waals surface area contributed by atoms with Crippen molar-refractivity contribution < 1.29 is 14.7 Å². The third-order valence-electron chi connectivity index (χ3n) is 1.48. The number of likely N-dealkylation sites (tertiary alicyclic amines) is 1. The van der Waals surface area contributed by atoms with Crippen molar-refractivity contribution in [2.75, 3.05) is 6.54 Å². The maximum Gasteiger partial charge on any atom is 0.326 e. The van der Waals surface area contributed by atoms with E-state index in [1.54, 1.807) is 0 Å². The van der Waals surface area contributed by atoms with Crippen molar-refractivity contribution in [1.82, 2.24) is 4.90 Å². The number of nitrogens with zero attached hydrogens (tertiary/aromatic N) is 1. The van der Waals surface area contributed by atoms with Gasteiger partial charge in [-0.15, -0.1) is 0 Å². The number of hydrogen-bond donors (Lipinski definition) is 1. The average Bonchev–Trinajstić information content (AvgIpc) is 1.61. The topological polar surface area (TPSA) is 57.6 Å². The van der Waals surface area contributed by atoms with Crippen molar-refractivity contribution in [3.05, 3.63) is 0 Å². The van der Waals surface area contributed by atoms with Gasteiger partial charge in [0.15, 0.2) is 0 Å². The normalized spacial score (nSPS) is 24.9. The zero-order valence-electron chi connectivity index (χ0n) is 4.78. The number of hydrogen-bond acceptors (Lipinski definition) is 2. The predicted molar refractivity (Wildman–Crippen MR) is 28.8 cm³/mol. The van der Waals surface area contributed by atoms with Crippen LogP contribution < -0.4 is 0 Å². The van der Waals surface area contributed by atoms with Gasteiger partial charge in [0, 0.05) is 6.54 Å². The molecule has 4 heteroatoms. The molecule has 1 saturated heterocycles. The molecule has 1 fully saturated rings. The van der Waals surface area contributed by atoms with Crippen molar-refractivity contribution >= 4 is 12.4 Å². The van der Waals surface area contributed by atoms with Crippen LogP contribution in [0.25, 0.3) is 0 Å².